The van der Waals surface area contributed by atoms with Crippen LogP contribution in [0, 0.1) is 6.33 Å². The van der Waals surface area contributed by atoms with Crippen molar-refractivity contribution in [2.24, 2.45) is 0 Å². The highest BCUT2D eigenvalue weighted by Gasteiger charge is 2.22. The molecule has 0 unspecified atom stereocenters. The van der Waals surface area contributed by atoms with Crippen molar-refractivity contribution in [1.82, 2.24) is 4.57 Å². The monoisotopic (exact) mass is 370 g/mol. The molecule has 1 aliphatic heterocycles. The highest BCUT2D eigenvalue weighted by atomic mass is 15.1. The molecule has 136 valence electrons. The molecule has 1 aliphatic rings. The van der Waals surface area contributed by atoms with Crippen molar-refractivity contribution in [1.29, 1.82) is 0 Å². The molecule has 0 saturated heterocycles. The van der Waals surface area contributed by atoms with E-state index >= 15 is 0 Å². The molecule has 0 saturated carbocycles. The molecule has 1 aromatic heterocycles. The fraction of sp³-hybridized carbons (Fsp3) is 0. The molecule has 0 aliphatic carbocycles. The van der Waals surface area contributed by atoms with Gasteiger partial charge in [0.25, 0.3) is 6.33 Å². The highest BCUT2D eigenvalue weighted by Crippen LogP contribution is 2.40. The zero-order valence-electron chi connectivity index (χ0n) is 15.8. The van der Waals surface area contributed by atoms with Crippen LogP contribution >= 0.6 is 0 Å². The smallest absolute Gasteiger partial charge is 0.269 e. The molecule has 2 nitrogen and oxygen atoms in total. The van der Waals surface area contributed by atoms with E-state index in [2.05, 4.69) is 119 Å². The van der Waals surface area contributed by atoms with Crippen LogP contribution in [0.4, 0.5) is 0 Å². The Bertz CT molecular complexity index is 1260. The Balaban J connectivity index is 1.74. The predicted molar refractivity (Wildman–Crippen MR) is 116 cm³/mol. The molecule has 0 N–H and O–H groups in total. The Hall–Kier alpha value is -3.91. The number of aromatic nitrogens is 2. The summed E-state index contributed by atoms with van der Waals surface area (Å²) in [5.41, 5.74) is 9.53. The molecule has 0 atom stereocenters. The second kappa shape index (κ2) is 6.32. The van der Waals surface area contributed by atoms with Crippen LogP contribution in [0.1, 0.15) is 0 Å². The van der Waals surface area contributed by atoms with Crippen molar-refractivity contribution in [2.75, 3.05) is 0 Å². The van der Waals surface area contributed by atoms with Crippen molar-refractivity contribution in [2.45, 2.75) is 0 Å². The van der Waals surface area contributed by atoms with Gasteiger partial charge in [0.05, 0.1) is 17.1 Å². The molecule has 0 amide bonds. The summed E-state index contributed by atoms with van der Waals surface area (Å²) in [6, 6.07) is 36.3. The third-order valence-corrected chi connectivity index (χ3v) is 5.59. The third kappa shape index (κ3) is 2.46. The number of hydrogen-bond acceptors (Lipinski definition) is 0. The van der Waals surface area contributed by atoms with E-state index in [4.69, 9.17) is 0 Å². The van der Waals surface area contributed by atoms with E-state index in [1.807, 2.05) is 6.07 Å². The van der Waals surface area contributed by atoms with Gasteiger partial charge in [0, 0.05) is 6.20 Å². The third-order valence-electron chi connectivity index (χ3n) is 5.59. The van der Waals surface area contributed by atoms with Crippen LogP contribution in [0.5, 0.6) is 0 Å². The number of benzene rings is 4. The zero-order valence-corrected chi connectivity index (χ0v) is 15.8. The van der Waals surface area contributed by atoms with Crippen LogP contribution in [-0.2, 0) is 0 Å². The first-order chi connectivity index (χ1) is 14.4. The van der Waals surface area contributed by atoms with E-state index < -0.39 is 0 Å². The van der Waals surface area contributed by atoms with Crippen molar-refractivity contribution in [3.63, 3.8) is 0 Å². The van der Waals surface area contributed by atoms with Crippen LogP contribution in [-0.4, -0.2) is 4.57 Å². The first kappa shape index (κ1) is 16.1. The minimum Gasteiger partial charge on any atom is -0.298 e. The maximum Gasteiger partial charge on any atom is 0.269 e. The van der Waals surface area contributed by atoms with Gasteiger partial charge < -0.3 is 0 Å². The molecule has 2 heteroatoms. The summed E-state index contributed by atoms with van der Waals surface area (Å²) in [6.45, 7) is 0. The lowest BCUT2D eigenvalue weighted by atomic mass is 9.89. The number of fused-ring (bicyclic) bond motifs is 8. The highest BCUT2D eigenvalue weighted by molar-refractivity contribution is 5.93. The van der Waals surface area contributed by atoms with E-state index in [1.165, 1.54) is 27.8 Å². The average Bonchev–Trinajstić information content (AvgIpc) is 3.24. The summed E-state index contributed by atoms with van der Waals surface area (Å²) in [7, 11) is 0. The van der Waals surface area contributed by atoms with Gasteiger partial charge in [-0.3, -0.25) is 9.13 Å². The topological polar surface area (TPSA) is 8.81 Å². The summed E-state index contributed by atoms with van der Waals surface area (Å²) in [5, 5.41) is 0. The largest absolute Gasteiger partial charge is 0.298 e. The summed E-state index contributed by atoms with van der Waals surface area (Å²) < 4.78 is 4.27. The average molecular weight is 370 g/mol. The Morgan fingerprint density at radius 1 is 0.517 bits per heavy atom. The lowest BCUT2D eigenvalue weighted by Gasteiger charge is -2.21. The van der Waals surface area contributed by atoms with Gasteiger partial charge in [-0.25, -0.2) is 0 Å². The lowest BCUT2D eigenvalue weighted by Crippen LogP contribution is -2.33. The summed E-state index contributed by atoms with van der Waals surface area (Å²) in [4.78, 5) is 0. The van der Waals surface area contributed by atoms with Crippen molar-refractivity contribution >= 4 is 0 Å². The maximum absolute atomic E-state index is 3.58. The van der Waals surface area contributed by atoms with Crippen LogP contribution in [0.15, 0.2) is 109 Å². The Morgan fingerprint density at radius 3 is 1.76 bits per heavy atom. The second-order valence-corrected chi connectivity index (χ2v) is 7.26. The lowest BCUT2D eigenvalue weighted by molar-refractivity contribution is -0.587. The van der Waals surface area contributed by atoms with Gasteiger partial charge >= 0.3 is 0 Å². The molecule has 5 aromatic rings. The summed E-state index contributed by atoms with van der Waals surface area (Å²) >= 11 is 0. The molecular formula is C27H18N2. The van der Waals surface area contributed by atoms with E-state index in [1.54, 1.807) is 0 Å². The molecule has 2 heterocycles. The Kier molecular flexibility index (Phi) is 3.50. The Labute approximate surface area is 170 Å². The van der Waals surface area contributed by atoms with Crippen LogP contribution in [0.2, 0.25) is 0 Å². The zero-order chi connectivity index (χ0) is 19.2. The number of imidazole rings is 1. The SMILES string of the molecule is [c-]1n(-c2ccccc2)cc2[n+]1-c1ccccc1-c1ccccc1-c1ccccc1-2. The second-order valence-electron chi connectivity index (χ2n) is 7.26. The maximum atomic E-state index is 3.58. The predicted octanol–water partition coefficient (Wildman–Crippen LogP) is 5.87. The number of para-hydroxylation sites is 2. The van der Waals surface area contributed by atoms with Crippen LogP contribution in [0.25, 0.3) is 44.9 Å². The minimum absolute atomic E-state index is 1.10. The molecule has 0 spiro atoms. The normalized spacial score (nSPS) is 11.4. The number of nitrogens with zero attached hydrogens (tertiary/aromatic N) is 2. The molecule has 6 rings (SSSR count). The Morgan fingerprint density at radius 2 is 1.03 bits per heavy atom. The van der Waals surface area contributed by atoms with E-state index in [9.17, 15) is 0 Å². The van der Waals surface area contributed by atoms with Crippen molar-refractivity contribution < 1.29 is 4.57 Å². The van der Waals surface area contributed by atoms with Gasteiger partial charge in [-0.2, -0.15) is 0 Å². The van der Waals surface area contributed by atoms with E-state index in [0.29, 0.717) is 0 Å². The molecule has 0 radical (unpaired) electrons. The molecule has 29 heavy (non-hydrogen) atoms. The fourth-order valence-electron chi connectivity index (χ4n) is 4.26. The van der Waals surface area contributed by atoms with Crippen LogP contribution in [0.3, 0.4) is 0 Å². The van der Waals surface area contributed by atoms with E-state index in [0.717, 1.165) is 17.1 Å². The molecule has 0 fully saturated rings. The van der Waals surface area contributed by atoms with Gasteiger partial charge in [0.1, 0.15) is 0 Å². The van der Waals surface area contributed by atoms with Crippen LogP contribution < -0.4 is 4.57 Å². The van der Waals surface area contributed by atoms with E-state index in [-0.39, 0.29) is 0 Å². The van der Waals surface area contributed by atoms with Gasteiger partial charge in [0.2, 0.25) is 0 Å². The molecule has 0 bridgehead atoms. The summed E-state index contributed by atoms with van der Waals surface area (Å²) in [5.74, 6) is 0. The van der Waals surface area contributed by atoms with Gasteiger partial charge in [-0.1, -0.05) is 84.9 Å². The minimum atomic E-state index is 1.10. The first-order valence-electron chi connectivity index (χ1n) is 9.81. The molecule has 4 aromatic carbocycles. The quantitative estimate of drug-likeness (QED) is 0.253. The van der Waals surface area contributed by atoms with Gasteiger partial charge in [-0.05, 0) is 46.0 Å². The standard InChI is InChI=1S/C27H18N2/c1-2-10-20(11-3-1)28-18-27-25-16-7-6-14-23(25)21-12-4-5-13-22(21)24-15-8-9-17-26(24)29(27)19-28/h1-18H. The summed E-state index contributed by atoms with van der Waals surface area (Å²) in [6.07, 6.45) is 5.76. The first-order valence-corrected chi connectivity index (χ1v) is 9.81. The number of hydrogen-bond donors (Lipinski definition) is 0. The number of rotatable bonds is 1. The van der Waals surface area contributed by atoms with Gasteiger partial charge in [0.15, 0.2) is 0 Å². The molecular weight excluding hydrogens is 352 g/mol. The van der Waals surface area contributed by atoms with Crippen molar-refractivity contribution in [3.8, 4) is 44.9 Å². The fourth-order valence-corrected chi connectivity index (χ4v) is 4.26. The van der Waals surface area contributed by atoms with Crippen molar-refractivity contribution in [3.05, 3.63) is 116 Å². The van der Waals surface area contributed by atoms with Gasteiger partial charge in [-0.15, -0.1) is 0 Å².